The number of halogens is 3. The van der Waals surface area contributed by atoms with Crippen molar-refractivity contribution in [3.8, 4) is 0 Å². The highest BCUT2D eigenvalue weighted by Gasteiger charge is 2.57. The predicted molar refractivity (Wildman–Crippen MR) is 131 cm³/mol. The van der Waals surface area contributed by atoms with Crippen LogP contribution in [0.25, 0.3) is 5.78 Å². The number of carbonyl (C=O) groups is 1. The third kappa shape index (κ3) is 3.81. The molecule has 1 atom stereocenters. The Morgan fingerprint density at radius 3 is 2.57 bits per heavy atom. The number of carbonyl (C=O) groups excluding carboxylic acids is 1. The molecule has 8 nitrogen and oxygen atoms in total. The molecule has 7 rings (SSSR count). The average Bonchev–Trinajstić information content (AvgIpc) is 3.58. The molecule has 4 aliphatic rings. The largest absolute Gasteiger partial charge is 0.416 e. The molecular weight excluding hydrogens is 483 g/mol. The maximum absolute atomic E-state index is 13.6. The molecule has 3 heterocycles. The fraction of sp³-hybridized carbons (Fsp3) is 0.538. The van der Waals surface area contributed by atoms with Crippen molar-refractivity contribution in [2.24, 2.45) is 11.3 Å². The molecule has 0 spiro atoms. The molecular formula is C26H30F3N7O. The number of benzene rings is 1. The van der Waals surface area contributed by atoms with Crippen molar-refractivity contribution in [3.05, 3.63) is 46.4 Å². The van der Waals surface area contributed by atoms with Crippen LogP contribution in [-0.2, 0) is 24.1 Å². The van der Waals surface area contributed by atoms with E-state index in [0.29, 0.717) is 36.2 Å². The zero-order valence-corrected chi connectivity index (χ0v) is 21.1. The number of aromatic nitrogens is 4. The van der Waals surface area contributed by atoms with Crippen molar-refractivity contribution in [1.82, 2.24) is 24.5 Å². The van der Waals surface area contributed by atoms with Crippen LogP contribution in [0.5, 0.6) is 0 Å². The van der Waals surface area contributed by atoms with Gasteiger partial charge in [0.25, 0.3) is 5.78 Å². The van der Waals surface area contributed by atoms with Crippen LogP contribution in [0.4, 0.5) is 24.7 Å². The number of nitrogens with one attached hydrogen (secondary N) is 1. The van der Waals surface area contributed by atoms with Gasteiger partial charge in [0.1, 0.15) is 11.6 Å². The standard InChI is InChI=1S/C26H30F3N7O/c1-13(2)22-33-34-24-32-21(31-14(3)16-6-17(26(27,28)29)8-18(30)7-16)19-11-35(12-20(19)36(22)24)23(37)25-5-4-15(9-25)10-25/h6-8,13-15H,4-5,9-12,30H2,1-3H3,(H,31,32,34). The summed E-state index contributed by atoms with van der Waals surface area (Å²) in [5, 5.41) is 11.9. The molecule has 1 amide bonds. The van der Waals surface area contributed by atoms with Crippen molar-refractivity contribution >= 4 is 23.2 Å². The summed E-state index contributed by atoms with van der Waals surface area (Å²) in [6, 6.07) is 3.03. The third-order valence-corrected chi connectivity index (χ3v) is 8.28. The van der Waals surface area contributed by atoms with E-state index in [4.69, 9.17) is 10.7 Å². The fourth-order valence-corrected chi connectivity index (χ4v) is 6.38. The first-order chi connectivity index (χ1) is 17.4. The molecule has 37 heavy (non-hydrogen) atoms. The van der Waals surface area contributed by atoms with Crippen LogP contribution in [0.2, 0.25) is 0 Å². The minimum atomic E-state index is -4.50. The molecule has 1 aliphatic heterocycles. The van der Waals surface area contributed by atoms with Crippen LogP contribution in [0, 0.1) is 11.3 Å². The third-order valence-electron chi connectivity index (χ3n) is 8.28. The van der Waals surface area contributed by atoms with Gasteiger partial charge in [-0.05, 0) is 62.3 Å². The Morgan fingerprint density at radius 2 is 1.92 bits per heavy atom. The van der Waals surface area contributed by atoms with Gasteiger partial charge in [0, 0.05) is 22.6 Å². The molecule has 1 unspecified atom stereocenters. The van der Waals surface area contributed by atoms with Crippen LogP contribution in [0.1, 0.15) is 86.6 Å². The monoisotopic (exact) mass is 513 g/mol. The molecule has 0 radical (unpaired) electrons. The second kappa shape index (κ2) is 8.06. The van der Waals surface area contributed by atoms with Gasteiger partial charge in [0.15, 0.2) is 0 Å². The number of amides is 1. The number of hydrogen-bond acceptors (Lipinski definition) is 6. The minimum absolute atomic E-state index is 0.0394. The van der Waals surface area contributed by atoms with Gasteiger partial charge >= 0.3 is 6.18 Å². The van der Waals surface area contributed by atoms with Gasteiger partial charge < -0.3 is 16.0 Å². The normalized spacial score (nSPS) is 23.4. The molecule has 3 N–H and O–H groups in total. The molecule has 11 heteroatoms. The van der Waals surface area contributed by atoms with Gasteiger partial charge in [-0.1, -0.05) is 13.8 Å². The Bertz CT molecular complexity index is 1400. The Hall–Kier alpha value is -3.37. The summed E-state index contributed by atoms with van der Waals surface area (Å²) in [4.78, 5) is 20.2. The summed E-state index contributed by atoms with van der Waals surface area (Å²) in [5.41, 5.74) is 6.95. The van der Waals surface area contributed by atoms with Crippen LogP contribution in [0.15, 0.2) is 18.2 Å². The van der Waals surface area contributed by atoms with E-state index in [0.717, 1.165) is 54.9 Å². The van der Waals surface area contributed by atoms with Crippen LogP contribution >= 0.6 is 0 Å². The average molecular weight is 514 g/mol. The molecule has 3 saturated carbocycles. The van der Waals surface area contributed by atoms with E-state index < -0.39 is 17.8 Å². The molecule has 2 aromatic heterocycles. The second-order valence-corrected chi connectivity index (χ2v) is 11.2. The van der Waals surface area contributed by atoms with Gasteiger partial charge in [0.2, 0.25) is 5.91 Å². The van der Waals surface area contributed by atoms with Crippen molar-refractivity contribution in [2.75, 3.05) is 11.1 Å². The van der Waals surface area contributed by atoms with E-state index in [2.05, 4.69) is 15.5 Å². The number of nitrogens with zero attached hydrogens (tertiary/aromatic N) is 5. The van der Waals surface area contributed by atoms with E-state index in [9.17, 15) is 18.0 Å². The fourth-order valence-electron chi connectivity index (χ4n) is 6.38. The van der Waals surface area contributed by atoms with E-state index >= 15 is 0 Å². The summed E-state index contributed by atoms with van der Waals surface area (Å²) >= 11 is 0. The second-order valence-electron chi connectivity index (χ2n) is 11.2. The van der Waals surface area contributed by atoms with Crippen LogP contribution in [-0.4, -0.2) is 30.4 Å². The van der Waals surface area contributed by atoms with Crippen molar-refractivity contribution in [1.29, 1.82) is 0 Å². The lowest BCUT2D eigenvalue weighted by atomic mass is 9.69. The summed E-state index contributed by atoms with van der Waals surface area (Å²) in [6.45, 7) is 6.63. The van der Waals surface area contributed by atoms with Gasteiger partial charge in [-0.25, -0.2) is 0 Å². The Kier molecular flexibility index (Phi) is 5.23. The maximum atomic E-state index is 13.6. The minimum Gasteiger partial charge on any atom is -0.399 e. The maximum Gasteiger partial charge on any atom is 0.416 e. The Morgan fingerprint density at radius 1 is 1.16 bits per heavy atom. The molecule has 3 fully saturated rings. The van der Waals surface area contributed by atoms with Crippen molar-refractivity contribution in [3.63, 3.8) is 0 Å². The number of alkyl halides is 3. The lowest BCUT2D eigenvalue weighted by Gasteiger charge is -2.39. The highest BCUT2D eigenvalue weighted by molar-refractivity contribution is 5.85. The van der Waals surface area contributed by atoms with E-state index in [-0.39, 0.29) is 22.9 Å². The van der Waals surface area contributed by atoms with E-state index in [1.54, 1.807) is 6.92 Å². The Balaban J connectivity index is 1.37. The number of anilines is 2. The van der Waals surface area contributed by atoms with Gasteiger partial charge in [-0.2, -0.15) is 18.2 Å². The van der Waals surface area contributed by atoms with Gasteiger partial charge in [-0.15, -0.1) is 10.2 Å². The van der Waals surface area contributed by atoms with E-state index in [1.807, 2.05) is 23.1 Å². The molecule has 196 valence electrons. The smallest absolute Gasteiger partial charge is 0.399 e. The number of fused-ring (bicyclic) bond motifs is 4. The highest BCUT2D eigenvalue weighted by Crippen LogP contribution is 2.60. The van der Waals surface area contributed by atoms with Crippen LogP contribution in [0.3, 0.4) is 0 Å². The van der Waals surface area contributed by atoms with Crippen molar-refractivity contribution in [2.45, 2.75) is 77.7 Å². The SMILES string of the molecule is CC(C)c1nnc2nc(NC(C)c3cc(N)cc(C(F)(F)F)c3)c3c(n12)CN(C(=O)C12CCC(C1)C2)C3. The molecule has 3 aromatic rings. The van der Waals surface area contributed by atoms with Crippen LogP contribution < -0.4 is 11.1 Å². The first-order valence-corrected chi connectivity index (χ1v) is 12.8. The molecule has 3 aliphatic carbocycles. The van der Waals surface area contributed by atoms with Gasteiger partial charge in [-0.3, -0.25) is 9.20 Å². The highest BCUT2D eigenvalue weighted by atomic mass is 19.4. The summed E-state index contributed by atoms with van der Waals surface area (Å²) < 4.78 is 42.1. The number of nitrogen functional groups attached to an aromatic ring is 1. The molecule has 0 saturated heterocycles. The molecule has 2 bridgehead atoms. The molecule has 1 aromatic carbocycles. The summed E-state index contributed by atoms with van der Waals surface area (Å²) in [7, 11) is 0. The summed E-state index contributed by atoms with van der Waals surface area (Å²) in [6.07, 6.45) is -0.506. The van der Waals surface area contributed by atoms with Gasteiger partial charge in [0.05, 0.1) is 30.4 Å². The zero-order chi connectivity index (χ0) is 26.3. The summed E-state index contributed by atoms with van der Waals surface area (Å²) in [5.74, 6) is 2.62. The van der Waals surface area contributed by atoms with Crippen molar-refractivity contribution < 1.29 is 18.0 Å². The quantitative estimate of drug-likeness (QED) is 0.463. The van der Waals surface area contributed by atoms with E-state index in [1.165, 1.54) is 6.07 Å². The lowest BCUT2D eigenvalue weighted by molar-refractivity contribution is -0.147. The number of nitrogens with two attached hydrogens (primary N) is 1. The Labute approximate surface area is 212 Å². The number of rotatable bonds is 5. The predicted octanol–water partition coefficient (Wildman–Crippen LogP) is 5.05. The number of hydrogen-bond donors (Lipinski definition) is 2. The lowest BCUT2D eigenvalue weighted by Crippen LogP contribution is -2.44. The zero-order valence-electron chi connectivity index (χ0n) is 21.1. The first-order valence-electron chi connectivity index (χ1n) is 12.8. The first kappa shape index (κ1) is 24.0. The topological polar surface area (TPSA) is 101 Å².